The average molecular weight is 444 g/mol. The van der Waals surface area contributed by atoms with Gasteiger partial charge in [-0.3, -0.25) is 14.5 Å². The number of carbonyl (C=O) groups is 2. The summed E-state index contributed by atoms with van der Waals surface area (Å²) in [5.74, 6) is 0.0448. The Bertz CT molecular complexity index is 904. The minimum atomic E-state index is -0.302. The first-order chi connectivity index (χ1) is 15.0. The molecular formula is C24H30FN3O2S. The van der Waals surface area contributed by atoms with Crippen molar-refractivity contribution >= 4 is 23.2 Å². The number of benzene rings is 1. The van der Waals surface area contributed by atoms with Crippen LogP contribution >= 0.6 is 11.3 Å². The number of nitrogens with zero attached hydrogens (tertiary/aromatic N) is 2. The van der Waals surface area contributed by atoms with Crippen molar-refractivity contribution in [2.75, 3.05) is 26.2 Å². The SMILES string of the molecule is O=C1CC[C@@](CCC(=O)N2CCCN(Cc3cccc(F)c3)CC2)(Cc2ccsc2)N1. The Hall–Kier alpha value is -2.25. The fraction of sp³-hybridized carbons (Fsp3) is 0.500. The Balaban J connectivity index is 1.30. The van der Waals surface area contributed by atoms with Crippen molar-refractivity contribution in [1.29, 1.82) is 0 Å². The highest BCUT2D eigenvalue weighted by Crippen LogP contribution is 2.30. The molecule has 0 aliphatic carbocycles. The van der Waals surface area contributed by atoms with Gasteiger partial charge in [0.25, 0.3) is 0 Å². The molecule has 4 rings (SSSR count). The summed E-state index contributed by atoms with van der Waals surface area (Å²) in [6, 6.07) is 8.83. The van der Waals surface area contributed by atoms with Gasteiger partial charge in [-0.25, -0.2) is 4.39 Å². The number of thiophene rings is 1. The number of carbonyl (C=O) groups excluding carboxylic acids is 2. The minimum absolute atomic E-state index is 0.0884. The molecule has 0 bridgehead atoms. The van der Waals surface area contributed by atoms with Gasteiger partial charge in [-0.2, -0.15) is 11.3 Å². The van der Waals surface area contributed by atoms with Crippen LogP contribution in [0.4, 0.5) is 4.39 Å². The molecule has 1 aromatic carbocycles. The number of hydrogen-bond donors (Lipinski definition) is 1. The van der Waals surface area contributed by atoms with E-state index in [1.165, 1.54) is 11.6 Å². The third-order valence-electron chi connectivity index (χ3n) is 6.41. The summed E-state index contributed by atoms with van der Waals surface area (Å²) >= 11 is 1.66. The van der Waals surface area contributed by atoms with E-state index >= 15 is 0 Å². The molecule has 2 amide bonds. The van der Waals surface area contributed by atoms with Crippen molar-refractivity contribution in [3.05, 3.63) is 58.0 Å². The van der Waals surface area contributed by atoms with Gasteiger partial charge in [0, 0.05) is 51.1 Å². The minimum Gasteiger partial charge on any atom is -0.350 e. The molecule has 2 saturated heterocycles. The summed E-state index contributed by atoms with van der Waals surface area (Å²) < 4.78 is 13.5. The number of rotatable bonds is 7. The monoisotopic (exact) mass is 443 g/mol. The summed E-state index contributed by atoms with van der Waals surface area (Å²) in [4.78, 5) is 29.2. The molecular weight excluding hydrogens is 413 g/mol. The summed E-state index contributed by atoms with van der Waals surface area (Å²) in [5.41, 5.74) is 1.89. The molecule has 1 N–H and O–H groups in total. The molecule has 31 heavy (non-hydrogen) atoms. The van der Waals surface area contributed by atoms with Crippen molar-refractivity contribution in [2.45, 2.75) is 50.6 Å². The predicted octanol–water partition coefficient (Wildman–Crippen LogP) is 3.59. The van der Waals surface area contributed by atoms with E-state index in [4.69, 9.17) is 0 Å². The van der Waals surface area contributed by atoms with Gasteiger partial charge in [-0.15, -0.1) is 0 Å². The van der Waals surface area contributed by atoms with E-state index < -0.39 is 0 Å². The van der Waals surface area contributed by atoms with Crippen LogP contribution in [0.15, 0.2) is 41.1 Å². The van der Waals surface area contributed by atoms with E-state index in [2.05, 4.69) is 27.0 Å². The summed E-state index contributed by atoms with van der Waals surface area (Å²) in [6.07, 6.45) is 4.16. The van der Waals surface area contributed by atoms with E-state index in [1.807, 2.05) is 11.0 Å². The number of nitrogens with one attached hydrogen (secondary N) is 1. The van der Waals surface area contributed by atoms with Gasteiger partial charge in [-0.05, 0) is 65.8 Å². The molecule has 2 aliphatic heterocycles. The normalized spacial score (nSPS) is 22.4. The highest BCUT2D eigenvalue weighted by molar-refractivity contribution is 7.07. The number of hydrogen-bond acceptors (Lipinski definition) is 4. The van der Waals surface area contributed by atoms with Gasteiger partial charge >= 0.3 is 0 Å². The number of halogens is 1. The van der Waals surface area contributed by atoms with Crippen molar-refractivity contribution in [3.8, 4) is 0 Å². The summed E-state index contributed by atoms with van der Waals surface area (Å²) in [7, 11) is 0. The van der Waals surface area contributed by atoms with Crippen LogP contribution in [0.5, 0.6) is 0 Å². The van der Waals surface area contributed by atoms with Crippen molar-refractivity contribution in [3.63, 3.8) is 0 Å². The Morgan fingerprint density at radius 1 is 1.16 bits per heavy atom. The van der Waals surface area contributed by atoms with E-state index in [0.29, 0.717) is 32.4 Å². The summed E-state index contributed by atoms with van der Waals surface area (Å²) in [6.45, 7) is 3.84. The Morgan fingerprint density at radius 2 is 2.06 bits per heavy atom. The second-order valence-electron chi connectivity index (χ2n) is 8.78. The molecule has 3 heterocycles. The molecule has 2 aliphatic rings. The smallest absolute Gasteiger partial charge is 0.222 e. The van der Waals surface area contributed by atoms with Gasteiger partial charge in [0.15, 0.2) is 0 Å². The standard InChI is InChI=1S/C24H30FN3O2S/c25-21-4-1-3-19(15-21)17-27-10-2-11-28(13-12-27)23(30)6-9-24(8-5-22(29)26-24)16-20-7-14-31-18-20/h1,3-4,7,14-15,18H,2,5-6,8-13,16-17H2,(H,26,29)/t24-/m1/s1. The Morgan fingerprint density at radius 3 is 2.81 bits per heavy atom. The van der Waals surface area contributed by atoms with Crippen LogP contribution in [0.2, 0.25) is 0 Å². The lowest BCUT2D eigenvalue weighted by molar-refractivity contribution is -0.131. The third kappa shape index (κ3) is 5.92. The van der Waals surface area contributed by atoms with E-state index in [1.54, 1.807) is 23.5 Å². The maximum Gasteiger partial charge on any atom is 0.222 e. The maximum atomic E-state index is 13.5. The molecule has 5 nitrogen and oxygen atoms in total. The first-order valence-electron chi connectivity index (χ1n) is 11.1. The van der Waals surface area contributed by atoms with Crippen molar-refractivity contribution < 1.29 is 14.0 Å². The molecule has 2 fully saturated rings. The fourth-order valence-corrected chi connectivity index (χ4v) is 5.41. The largest absolute Gasteiger partial charge is 0.350 e. The Kier molecular flexibility index (Phi) is 7.02. The quantitative estimate of drug-likeness (QED) is 0.712. The first-order valence-corrected chi connectivity index (χ1v) is 12.0. The van der Waals surface area contributed by atoms with Gasteiger partial charge in [0.1, 0.15) is 5.82 Å². The molecule has 0 saturated carbocycles. The zero-order chi connectivity index (χ0) is 21.7. The van der Waals surface area contributed by atoms with Crippen LogP contribution in [0.3, 0.4) is 0 Å². The van der Waals surface area contributed by atoms with Crippen LogP contribution in [0.25, 0.3) is 0 Å². The first kappa shape index (κ1) is 22.0. The lowest BCUT2D eigenvalue weighted by atomic mass is 9.85. The predicted molar refractivity (Wildman–Crippen MR) is 120 cm³/mol. The van der Waals surface area contributed by atoms with Gasteiger partial charge < -0.3 is 10.2 Å². The molecule has 1 atom stereocenters. The van der Waals surface area contributed by atoms with Crippen LogP contribution in [0.1, 0.15) is 43.2 Å². The highest BCUT2D eigenvalue weighted by atomic mass is 32.1. The third-order valence-corrected chi connectivity index (χ3v) is 7.14. The molecule has 7 heteroatoms. The van der Waals surface area contributed by atoms with E-state index in [0.717, 1.165) is 44.5 Å². The maximum absolute atomic E-state index is 13.5. The van der Waals surface area contributed by atoms with Gasteiger partial charge in [0.05, 0.1) is 0 Å². The van der Waals surface area contributed by atoms with E-state index in [9.17, 15) is 14.0 Å². The fourth-order valence-electron chi connectivity index (χ4n) is 4.74. The molecule has 0 radical (unpaired) electrons. The van der Waals surface area contributed by atoms with Crippen LogP contribution in [-0.4, -0.2) is 53.3 Å². The van der Waals surface area contributed by atoms with Crippen LogP contribution in [0, 0.1) is 5.82 Å². The van der Waals surface area contributed by atoms with Crippen molar-refractivity contribution in [2.24, 2.45) is 0 Å². The van der Waals surface area contributed by atoms with Crippen LogP contribution < -0.4 is 5.32 Å². The van der Waals surface area contributed by atoms with Crippen molar-refractivity contribution in [1.82, 2.24) is 15.1 Å². The van der Waals surface area contributed by atoms with Crippen LogP contribution in [-0.2, 0) is 22.6 Å². The zero-order valence-corrected chi connectivity index (χ0v) is 18.6. The highest BCUT2D eigenvalue weighted by Gasteiger charge is 2.38. The molecule has 0 spiro atoms. The van der Waals surface area contributed by atoms with Gasteiger partial charge in [0.2, 0.25) is 11.8 Å². The molecule has 166 valence electrons. The van der Waals surface area contributed by atoms with E-state index in [-0.39, 0.29) is 23.2 Å². The lowest BCUT2D eigenvalue weighted by Crippen LogP contribution is -2.45. The second-order valence-corrected chi connectivity index (χ2v) is 9.56. The molecule has 2 aromatic rings. The summed E-state index contributed by atoms with van der Waals surface area (Å²) in [5, 5.41) is 7.35. The second kappa shape index (κ2) is 9.92. The topological polar surface area (TPSA) is 52.7 Å². The zero-order valence-electron chi connectivity index (χ0n) is 17.8. The Labute approximate surface area is 187 Å². The van der Waals surface area contributed by atoms with Gasteiger partial charge in [-0.1, -0.05) is 12.1 Å². The average Bonchev–Trinajstić information content (AvgIpc) is 3.31. The molecule has 1 aromatic heterocycles. The lowest BCUT2D eigenvalue weighted by Gasteiger charge is -2.30. The molecule has 0 unspecified atom stereocenters. The number of amides is 2.